The molecule has 0 aromatic heterocycles. The fourth-order valence-corrected chi connectivity index (χ4v) is 0.712. The maximum atomic E-state index is 11.1. The van der Waals surface area contributed by atoms with Crippen molar-refractivity contribution >= 4 is 6.09 Å². The first kappa shape index (κ1) is 12.7. The van der Waals surface area contributed by atoms with E-state index >= 15 is 0 Å². The van der Waals surface area contributed by atoms with Crippen LogP contribution >= 0.6 is 0 Å². The lowest BCUT2D eigenvalue weighted by Crippen LogP contribution is -2.40. The second-order valence-electron chi connectivity index (χ2n) is 3.85. The van der Waals surface area contributed by atoms with Crippen molar-refractivity contribution in [3.05, 3.63) is 0 Å². The van der Waals surface area contributed by atoms with Gasteiger partial charge in [0, 0.05) is 6.54 Å². The number of alkyl carbamates (subject to hydrolysis) is 1. The molecule has 14 heavy (non-hydrogen) atoms. The number of nitrogens with zero attached hydrogens (tertiary/aromatic N) is 1. The molecule has 5 nitrogen and oxygen atoms in total. The Hall–Kier alpha value is -1.28. The summed E-state index contributed by atoms with van der Waals surface area (Å²) in [4.78, 5) is 11.1. The number of carbonyl (C=O) groups is 1. The summed E-state index contributed by atoms with van der Waals surface area (Å²) in [6.45, 7) is 5.59. The van der Waals surface area contributed by atoms with Crippen LogP contribution in [0.1, 0.15) is 20.8 Å². The van der Waals surface area contributed by atoms with Gasteiger partial charge in [0.1, 0.15) is 11.6 Å². The minimum absolute atomic E-state index is 0.238. The van der Waals surface area contributed by atoms with Crippen LogP contribution in [0.25, 0.3) is 0 Å². The van der Waals surface area contributed by atoms with Gasteiger partial charge in [0.05, 0.1) is 6.07 Å². The Morgan fingerprint density at radius 2 is 2.14 bits per heavy atom. The van der Waals surface area contributed by atoms with E-state index < -0.39 is 11.7 Å². The lowest BCUT2D eigenvalue weighted by molar-refractivity contribution is 0.0525. The van der Waals surface area contributed by atoms with Crippen LogP contribution in [0.15, 0.2) is 0 Å². The van der Waals surface area contributed by atoms with Gasteiger partial charge in [0.25, 0.3) is 0 Å². The van der Waals surface area contributed by atoms with Crippen LogP contribution in [-0.4, -0.2) is 31.3 Å². The molecular formula is C9H17N3O2. The van der Waals surface area contributed by atoms with Crippen LogP contribution in [0, 0.1) is 11.3 Å². The largest absolute Gasteiger partial charge is 0.444 e. The molecule has 0 saturated carbocycles. The maximum absolute atomic E-state index is 11.1. The summed E-state index contributed by atoms with van der Waals surface area (Å²) >= 11 is 0. The van der Waals surface area contributed by atoms with E-state index in [2.05, 4.69) is 10.6 Å². The number of amides is 1. The van der Waals surface area contributed by atoms with Gasteiger partial charge in [-0.25, -0.2) is 4.79 Å². The zero-order chi connectivity index (χ0) is 11.2. The molecule has 1 atom stereocenters. The maximum Gasteiger partial charge on any atom is 0.407 e. The summed E-state index contributed by atoms with van der Waals surface area (Å²) in [7, 11) is 1.66. The highest BCUT2D eigenvalue weighted by molar-refractivity contribution is 5.67. The number of hydrogen-bond acceptors (Lipinski definition) is 4. The summed E-state index contributed by atoms with van der Waals surface area (Å²) in [5.41, 5.74) is -0.508. The lowest BCUT2D eigenvalue weighted by Gasteiger charge is -2.20. The third-order valence-electron chi connectivity index (χ3n) is 1.35. The van der Waals surface area contributed by atoms with Crippen molar-refractivity contribution in [2.24, 2.45) is 0 Å². The monoisotopic (exact) mass is 199 g/mol. The van der Waals surface area contributed by atoms with Crippen molar-refractivity contribution < 1.29 is 9.53 Å². The van der Waals surface area contributed by atoms with E-state index in [0.717, 1.165) is 0 Å². The van der Waals surface area contributed by atoms with E-state index in [1.54, 1.807) is 27.8 Å². The molecule has 0 aliphatic rings. The van der Waals surface area contributed by atoms with Crippen LogP contribution in [0.4, 0.5) is 4.79 Å². The molecule has 0 aliphatic heterocycles. The first-order chi connectivity index (χ1) is 6.39. The Bertz CT molecular complexity index is 227. The van der Waals surface area contributed by atoms with E-state index in [0.29, 0.717) is 0 Å². The fourth-order valence-electron chi connectivity index (χ4n) is 0.712. The van der Waals surface area contributed by atoms with Gasteiger partial charge in [0.15, 0.2) is 0 Å². The molecule has 0 bridgehead atoms. The fraction of sp³-hybridized carbons (Fsp3) is 0.778. The van der Waals surface area contributed by atoms with Gasteiger partial charge in [0.2, 0.25) is 0 Å². The van der Waals surface area contributed by atoms with Crippen LogP contribution in [0.3, 0.4) is 0 Å². The van der Waals surface area contributed by atoms with Gasteiger partial charge in [-0.05, 0) is 27.8 Å². The highest BCUT2D eigenvalue weighted by Gasteiger charge is 2.16. The SMILES string of the molecule is CNC(C#N)CNC(=O)OC(C)(C)C. The predicted molar refractivity (Wildman–Crippen MR) is 52.7 cm³/mol. The van der Waals surface area contributed by atoms with E-state index in [-0.39, 0.29) is 12.6 Å². The van der Waals surface area contributed by atoms with Gasteiger partial charge >= 0.3 is 6.09 Å². The Morgan fingerprint density at radius 1 is 1.57 bits per heavy atom. The molecule has 0 spiro atoms. The molecular weight excluding hydrogens is 182 g/mol. The van der Waals surface area contributed by atoms with Crippen LogP contribution in [0.5, 0.6) is 0 Å². The molecule has 1 amide bonds. The van der Waals surface area contributed by atoms with Crippen LogP contribution < -0.4 is 10.6 Å². The predicted octanol–water partition coefficient (Wildman–Crippen LogP) is 0.623. The smallest absolute Gasteiger partial charge is 0.407 e. The summed E-state index contributed by atoms with van der Waals surface area (Å²) in [5, 5.41) is 13.8. The van der Waals surface area contributed by atoms with Crippen molar-refractivity contribution in [3.8, 4) is 6.07 Å². The van der Waals surface area contributed by atoms with E-state index in [9.17, 15) is 4.79 Å². The third-order valence-corrected chi connectivity index (χ3v) is 1.35. The summed E-state index contributed by atoms with van der Waals surface area (Å²) in [6, 6.07) is 1.60. The van der Waals surface area contributed by atoms with Crippen molar-refractivity contribution in [2.45, 2.75) is 32.4 Å². The highest BCUT2D eigenvalue weighted by atomic mass is 16.6. The molecule has 0 aromatic carbocycles. The Kier molecular flexibility index (Phi) is 4.95. The van der Waals surface area contributed by atoms with E-state index in [1.807, 2.05) is 6.07 Å². The average molecular weight is 199 g/mol. The molecule has 0 fully saturated rings. The van der Waals surface area contributed by atoms with Gasteiger partial charge in [-0.1, -0.05) is 0 Å². The number of ether oxygens (including phenoxy) is 1. The summed E-state index contributed by atoms with van der Waals surface area (Å²) in [5.74, 6) is 0. The Balaban J connectivity index is 3.81. The minimum Gasteiger partial charge on any atom is -0.444 e. The molecule has 0 aromatic rings. The Morgan fingerprint density at radius 3 is 2.50 bits per heavy atom. The summed E-state index contributed by atoms with van der Waals surface area (Å²) < 4.78 is 4.99. The number of hydrogen-bond donors (Lipinski definition) is 2. The normalized spacial score (nSPS) is 12.8. The standard InChI is InChI=1S/C9H17N3O2/c1-9(2,3)14-8(13)12-6-7(5-10)11-4/h7,11H,6H2,1-4H3,(H,12,13). The number of nitrogens with one attached hydrogen (secondary N) is 2. The van der Waals surface area contributed by atoms with E-state index in [1.165, 1.54) is 0 Å². The number of rotatable bonds is 3. The van der Waals surface area contributed by atoms with Crippen molar-refractivity contribution in [1.29, 1.82) is 5.26 Å². The molecule has 0 radical (unpaired) electrons. The quantitative estimate of drug-likeness (QED) is 0.699. The van der Waals surface area contributed by atoms with Gasteiger partial charge in [-0.3, -0.25) is 0 Å². The topological polar surface area (TPSA) is 74.2 Å². The first-order valence-electron chi connectivity index (χ1n) is 4.43. The van der Waals surface area contributed by atoms with E-state index in [4.69, 9.17) is 10.00 Å². The number of carbonyl (C=O) groups excluding carboxylic acids is 1. The second-order valence-corrected chi connectivity index (χ2v) is 3.85. The second kappa shape index (κ2) is 5.45. The minimum atomic E-state index is -0.508. The molecule has 0 rings (SSSR count). The molecule has 2 N–H and O–H groups in total. The van der Waals surface area contributed by atoms with Crippen molar-refractivity contribution in [2.75, 3.05) is 13.6 Å². The Labute approximate surface area is 84.4 Å². The van der Waals surface area contributed by atoms with Crippen molar-refractivity contribution in [3.63, 3.8) is 0 Å². The van der Waals surface area contributed by atoms with Gasteiger partial charge in [-0.15, -0.1) is 0 Å². The van der Waals surface area contributed by atoms with Crippen molar-refractivity contribution in [1.82, 2.24) is 10.6 Å². The molecule has 5 heteroatoms. The zero-order valence-corrected chi connectivity index (χ0v) is 9.05. The number of likely N-dealkylation sites (N-methyl/N-ethyl adjacent to an activating group) is 1. The molecule has 80 valence electrons. The third kappa shape index (κ3) is 6.26. The first-order valence-corrected chi connectivity index (χ1v) is 4.43. The zero-order valence-electron chi connectivity index (χ0n) is 9.05. The average Bonchev–Trinajstić information content (AvgIpc) is 2.03. The van der Waals surface area contributed by atoms with Gasteiger partial charge < -0.3 is 15.4 Å². The molecule has 0 heterocycles. The molecule has 0 saturated heterocycles. The van der Waals surface area contributed by atoms with Gasteiger partial charge in [-0.2, -0.15) is 5.26 Å². The lowest BCUT2D eigenvalue weighted by atomic mass is 10.2. The van der Waals surface area contributed by atoms with Crippen LogP contribution in [-0.2, 0) is 4.74 Å². The van der Waals surface area contributed by atoms with Crippen LogP contribution in [0.2, 0.25) is 0 Å². The number of nitriles is 1. The highest BCUT2D eigenvalue weighted by Crippen LogP contribution is 2.06. The molecule has 1 unspecified atom stereocenters. The molecule has 0 aliphatic carbocycles. The summed E-state index contributed by atoms with van der Waals surface area (Å²) in [6.07, 6.45) is -0.506.